The van der Waals surface area contributed by atoms with Crippen molar-refractivity contribution in [2.24, 2.45) is 5.92 Å². The van der Waals surface area contributed by atoms with Crippen LogP contribution in [-0.4, -0.2) is 37.5 Å². The fourth-order valence-electron chi connectivity index (χ4n) is 2.64. The van der Waals surface area contributed by atoms with E-state index in [0.29, 0.717) is 16.9 Å². The molecule has 1 aliphatic heterocycles. The van der Waals surface area contributed by atoms with Crippen molar-refractivity contribution in [2.45, 2.75) is 20.3 Å². The highest BCUT2D eigenvalue weighted by Crippen LogP contribution is 2.25. The molecular weight excluding hydrogens is 340 g/mol. The summed E-state index contributed by atoms with van der Waals surface area (Å²) in [5.74, 6) is -2.95. The minimum absolute atomic E-state index is 0.118. The molecule has 138 valence electrons. The first-order valence-corrected chi connectivity index (χ1v) is 8.04. The molecule has 1 unspecified atom stereocenters. The van der Waals surface area contributed by atoms with E-state index in [4.69, 9.17) is 9.47 Å². The van der Waals surface area contributed by atoms with Crippen LogP contribution in [0.3, 0.4) is 0 Å². The Balaban J connectivity index is 2.17. The lowest BCUT2D eigenvalue weighted by Gasteiger charge is -2.25. The normalized spacial score (nSPS) is 16.6. The average molecular weight is 360 g/mol. The number of nitrogens with one attached hydrogen (secondary N) is 2. The predicted octanol–water partition coefficient (Wildman–Crippen LogP) is 1.38. The Morgan fingerprint density at radius 3 is 2.42 bits per heavy atom. The van der Waals surface area contributed by atoms with Crippen molar-refractivity contribution in [3.63, 3.8) is 0 Å². The van der Waals surface area contributed by atoms with Gasteiger partial charge >= 0.3 is 11.9 Å². The Bertz CT molecular complexity index is 766. The first-order chi connectivity index (χ1) is 12.4. The van der Waals surface area contributed by atoms with Gasteiger partial charge < -0.3 is 20.1 Å². The fraction of sp³-hybridized carbons (Fsp3) is 0.333. The van der Waals surface area contributed by atoms with Gasteiger partial charge in [-0.2, -0.15) is 0 Å². The third kappa shape index (κ3) is 4.27. The molecule has 2 amide bonds. The fourth-order valence-corrected chi connectivity index (χ4v) is 2.64. The third-order valence-corrected chi connectivity index (χ3v) is 3.85. The van der Waals surface area contributed by atoms with Crippen LogP contribution >= 0.6 is 0 Å². The summed E-state index contributed by atoms with van der Waals surface area (Å²) < 4.78 is 9.60. The first kappa shape index (κ1) is 19.2. The Morgan fingerprint density at radius 1 is 1.19 bits per heavy atom. The quantitative estimate of drug-likeness (QED) is 0.768. The first-order valence-electron chi connectivity index (χ1n) is 8.04. The van der Waals surface area contributed by atoms with Gasteiger partial charge in [-0.15, -0.1) is 0 Å². The van der Waals surface area contributed by atoms with E-state index >= 15 is 0 Å². The summed E-state index contributed by atoms with van der Waals surface area (Å²) in [7, 11) is 1.21. The van der Waals surface area contributed by atoms with Crippen LogP contribution in [0.5, 0.6) is 0 Å². The largest absolute Gasteiger partial charge is 0.466 e. The summed E-state index contributed by atoms with van der Waals surface area (Å²) in [6.45, 7) is 3.52. The number of benzene rings is 1. The van der Waals surface area contributed by atoms with Crippen molar-refractivity contribution in [1.29, 1.82) is 0 Å². The summed E-state index contributed by atoms with van der Waals surface area (Å²) in [6.07, 6.45) is -0.158. The smallest absolute Gasteiger partial charge is 0.338 e. The molecule has 0 bridgehead atoms. The summed E-state index contributed by atoms with van der Waals surface area (Å²) in [5, 5.41) is 5.18. The lowest BCUT2D eigenvalue weighted by molar-refractivity contribution is -0.139. The number of rotatable bonds is 5. The number of anilines is 1. The summed E-state index contributed by atoms with van der Waals surface area (Å²) in [4.78, 5) is 47.9. The molecule has 1 heterocycles. The van der Waals surface area contributed by atoms with Crippen molar-refractivity contribution in [1.82, 2.24) is 5.32 Å². The number of amides is 2. The standard InChI is InChI=1S/C18H20N2O6/c1-4-26-17(23)11-5-7-12(8-6-11)20-16(22)13-9-14(21)19-10(2)15(13)18(24)25-3/h5-8,13H,4,9H2,1-3H3,(H,19,21)(H,20,22). The summed E-state index contributed by atoms with van der Waals surface area (Å²) in [6, 6.07) is 6.12. The van der Waals surface area contributed by atoms with Gasteiger partial charge in [-0.1, -0.05) is 0 Å². The zero-order valence-corrected chi connectivity index (χ0v) is 14.8. The van der Waals surface area contributed by atoms with E-state index < -0.39 is 23.8 Å². The molecule has 1 aliphatic rings. The second kappa shape index (κ2) is 8.28. The van der Waals surface area contributed by atoms with Crippen molar-refractivity contribution in [3.8, 4) is 0 Å². The van der Waals surface area contributed by atoms with Crippen molar-refractivity contribution in [2.75, 3.05) is 19.0 Å². The molecule has 8 heteroatoms. The van der Waals surface area contributed by atoms with E-state index in [0.717, 1.165) is 0 Å². The van der Waals surface area contributed by atoms with E-state index in [1.807, 2.05) is 0 Å². The van der Waals surface area contributed by atoms with Gasteiger partial charge in [0, 0.05) is 17.8 Å². The molecule has 0 saturated heterocycles. The van der Waals surface area contributed by atoms with Crippen LogP contribution in [0.1, 0.15) is 30.6 Å². The molecule has 26 heavy (non-hydrogen) atoms. The van der Waals surface area contributed by atoms with Gasteiger partial charge in [-0.25, -0.2) is 9.59 Å². The van der Waals surface area contributed by atoms with Crippen molar-refractivity contribution < 1.29 is 28.7 Å². The number of carbonyl (C=O) groups is 4. The Hall–Kier alpha value is -3.16. The minimum Gasteiger partial charge on any atom is -0.466 e. The molecule has 0 fully saturated rings. The number of carbonyl (C=O) groups excluding carboxylic acids is 4. The Morgan fingerprint density at radius 2 is 1.85 bits per heavy atom. The second-order valence-corrected chi connectivity index (χ2v) is 5.62. The SMILES string of the molecule is CCOC(=O)c1ccc(NC(=O)C2CC(=O)NC(C)=C2C(=O)OC)cc1. The molecule has 1 atom stereocenters. The van der Waals surface area contributed by atoms with Crippen molar-refractivity contribution in [3.05, 3.63) is 41.1 Å². The summed E-state index contributed by atoms with van der Waals surface area (Å²) >= 11 is 0. The van der Waals surface area contributed by atoms with Crippen molar-refractivity contribution >= 4 is 29.4 Å². The Kier molecular flexibility index (Phi) is 6.11. The molecule has 1 aromatic carbocycles. The van der Waals surface area contributed by atoms with Gasteiger partial charge in [0.15, 0.2) is 0 Å². The molecule has 8 nitrogen and oxygen atoms in total. The molecular formula is C18H20N2O6. The minimum atomic E-state index is -0.957. The maximum Gasteiger partial charge on any atom is 0.338 e. The maximum atomic E-state index is 12.6. The zero-order valence-electron chi connectivity index (χ0n) is 14.8. The van der Waals surface area contributed by atoms with Gasteiger partial charge in [-0.3, -0.25) is 9.59 Å². The highest BCUT2D eigenvalue weighted by Gasteiger charge is 2.36. The lowest BCUT2D eigenvalue weighted by atomic mass is 9.89. The number of methoxy groups -OCH3 is 1. The highest BCUT2D eigenvalue weighted by atomic mass is 16.5. The van der Waals surface area contributed by atoms with E-state index in [9.17, 15) is 19.2 Å². The number of esters is 2. The molecule has 2 rings (SSSR count). The molecule has 0 saturated carbocycles. The van der Waals surface area contributed by atoms with Crippen LogP contribution in [-0.2, 0) is 23.9 Å². The third-order valence-electron chi connectivity index (χ3n) is 3.85. The van der Waals surface area contributed by atoms with Crippen LogP contribution in [0, 0.1) is 5.92 Å². The van der Waals surface area contributed by atoms with E-state index in [-0.39, 0.29) is 24.5 Å². The molecule has 0 spiro atoms. The number of ether oxygens (including phenoxy) is 2. The van der Waals surface area contributed by atoms with Crippen LogP contribution < -0.4 is 10.6 Å². The Labute approximate surface area is 150 Å². The monoisotopic (exact) mass is 360 g/mol. The van der Waals surface area contributed by atoms with E-state index in [1.165, 1.54) is 26.2 Å². The number of allylic oxidation sites excluding steroid dienone is 1. The molecule has 0 aromatic heterocycles. The number of hydrogen-bond acceptors (Lipinski definition) is 6. The molecule has 2 N–H and O–H groups in total. The van der Waals surface area contributed by atoms with E-state index in [2.05, 4.69) is 10.6 Å². The van der Waals surface area contributed by atoms with Crippen LogP contribution in [0.4, 0.5) is 5.69 Å². The van der Waals surface area contributed by atoms with E-state index in [1.54, 1.807) is 19.1 Å². The van der Waals surface area contributed by atoms with Crippen LogP contribution in [0.15, 0.2) is 35.5 Å². The topological polar surface area (TPSA) is 111 Å². The van der Waals surface area contributed by atoms with Gasteiger partial charge in [-0.05, 0) is 38.1 Å². The number of hydrogen-bond donors (Lipinski definition) is 2. The molecule has 1 aromatic rings. The second-order valence-electron chi connectivity index (χ2n) is 5.62. The van der Waals surface area contributed by atoms with Gasteiger partial charge in [0.1, 0.15) is 0 Å². The highest BCUT2D eigenvalue weighted by molar-refractivity contribution is 6.06. The van der Waals surface area contributed by atoms with Gasteiger partial charge in [0.05, 0.1) is 30.8 Å². The predicted molar refractivity (Wildman–Crippen MR) is 92.0 cm³/mol. The maximum absolute atomic E-state index is 12.6. The average Bonchev–Trinajstić information content (AvgIpc) is 2.61. The lowest BCUT2D eigenvalue weighted by Crippen LogP contribution is -2.40. The van der Waals surface area contributed by atoms with Crippen LogP contribution in [0.2, 0.25) is 0 Å². The van der Waals surface area contributed by atoms with Crippen LogP contribution in [0.25, 0.3) is 0 Å². The van der Waals surface area contributed by atoms with Gasteiger partial charge in [0.2, 0.25) is 11.8 Å². The zero-order chi connectivity index (χ0) is 19.3. The molecule has 0 radical (unpaired) electrons. The molecule has 0 aliphatic carbocycles. The summed E-state index contributed by atoms with van der Waals surface area (Å²) in [5.41, 5.74) is 1.20. The van der Waals surface area contributed by atoms with Gasteiger partial charge in [0.25, 0.3) is 0 Å².